The molecule has 1 aromatic heterocycles. The zero-order valence-electron chi connectivity index (χ0n) is 8.01. The maximum Gasteiger partial charge on any atom is 0.155 e. The number of sulfone groups is 1. The molecule has 0 fully saturated rings. The molecular weight excluding hydrogens is 220 g/mol. The standard InChI is InChI=1S/C8H14N2O2S2/c1-7(2-9)4-14(11,12)5-8-3-10-6-13-8/h3,6-7H,2,4-5,9H2,1H3. The van der Waals surface area contributed by atoms with Crippen LogP contribution in [0.5, 0.6) is 0 Å². The van der Waals surface area contributed by atoms with Crippen LogP contribution in [0.15, 0.2) is 11.7 Å². The number of rotatable bonds is 5. The van der Waals surface area contributed by atoms with Gasteiger partial charge in [0, 0.05) is 11.1 Å². The fourth-order valence-corrected chi connectivity index (χ4v) is 3.91. The summed E-state index contributed by atoms with van der Waals surface area (Å²) >= 11 is 1.36. The molecule has 6 heteroatoms. The van der Waals surface area contributed by atoms with E-state index in [0.717, 1.165) is 4.88 Å². The highest BCUT2D eigenvalue weighted by Gasteiger charge is 2.16. The molecule has 1 atom stereocenters. The van der Waals surface area contributed by atoms with Crippen LogP contribution >= 0.6 is 11.3 Å². The maximum absolute atomic E-state index is 11.6. The van der Waals surface area contributed by atoms with Crippen LogP contribution in [0.3, 0.4) is 0 Å². The molecule has 0 spiro atoms. The first kappa shape index (κ1) is 11.6. The molecular formula is C8H14N2O2S2. The van der Waals surface area contributed by atoms with Crippen molar-refractivity contribution in [2.45, 2.75) is 12.7 Å². The lowest BCUT2D eigenvalue weighted by molar-refractivity contribution is 0.573. The van der Waals surface area contributed by atoms with Gasteiger partial charge in [-0.3, -0.25) is 4.98 Å². The van der Waals surface area contributed by atoms with Crippen LogP contribution in [-0.4, -0.2) is 25.7 Å². The number of hydrogen-bond acceptors (Lipinski definition) is 5. The fraction of sp³-hybridized carbons (Fsp3) is 0.625. The number of nitrogens with zero attached hydrogens (tertiary/aromatic N) is 1. The monoisotopic (exact) mass is 234 g/mol. The Kier molecular flexibility index (Phi) is 4.03. The minimum absolute atomic E-state index is 0.0212. The van der Waals surface area contributed by atoms with Gasteiger partial charge in [0.25, 0.3) is 0 Å². The molecule has 1 unspecified atom stereocenters. The smallest absolute Gasteiger partial charge is 0.155 e. The average Bonchev–Trinajstić information content (AvgIpc) is 2.54. The summed E-state index contributed by atoms with van der Waals surface area (Å²) in [5.41, 5.74) is 7.01. The van der Waals surface area contributed by atoms with E-state index >= 15 is 0 Å². The highest BCUT2D eigenvalue weighted by Crippen LogP contribution is 2.12. The van der Waals surface area contributed by atoms with E-state index in [2.05, 4.69) is 4.98 Å². The lowest BCUT2D eigenvalue weighted by Crippen LogP contribution is -2.21. The topological polar surface area (TPSA) is 73.1 Å². The van der Waals surface area contributed by atoms with Gasteiger partial charge in [-0.1, -0.05) is 6.92 Å². The molecule has 0 saturated heterocycles. The molecule has 0 aliphatic rings. The molecule has 0 aromatic carbocycles. The molecule has 2 N–H and O–H groups in total. The van der Waals surface area contributed by atoms with Gasteiger partial charge in [-0.05, 0) is 12.5 Å². The van der Waals surface area contributed by atoms with Crippen LogP contribution in [0.25, 0.3) is 0 Å². The van der Waals surface area contributed by atoms with Crippen molar-refractivity contribution in [3.63, 3.8) is 0 Å². The van der Waals surface area contributed by atoms with Crippen molar-refractivity contribution in [2.24, 2.45) is 11.7 Å². The van der Waals surface area contributed by atoms with Gasteiger partial charge in [0.1, 0.15) is 0 Å². The zero-order valence-corrected chi connectivity index (χ0v) is 9.64. The minimum atomic E-state index is -3.03. The van der Waals surface area contributed by atoms with Gasteiger partial charge < -0.3 is 5.73 Å². The molecule has 4 nitrogen and oxygen atoms in total. The molecule has 0 amide bonds. The van der Waals surface area contributed by atoms with E-state index in [1.165, 1.54) is 11.3 Å². The lowest BCUT2D eigenvalue weighted by Gasteiger charge is -2.07. The Balaban J connectivity index is 2.59. The number of thiazole rings is 1. The Hall–Kier alpha value is -0.460. The first-order chi connectivity index (χ1) is 6.53. The number of aromatic nitrogens is 1. The Morgan fingerprint density at radius 2 is 2.36 bits per heavy atom. The molecule has 0 aliphatic carbocycles. The SMILES string of the molecule is CC(CN)CS(=O)(=O)Cc1cncs1. The molecule has 0 saturated carbocycles. The summed E-state index contributed by atoms with van der Waals surface area (Å²) < 4.78 is 23.2. The van der Waals surface area contributed by atoms with Crippen LogP contribution in [0.2, 0.25) is 0 Å². The fourth-order valence-electron chi connectivity index (χ4n) is 1.09. The molecule has 0 radical (unpaired) electrons. The number of hydrogen-bond donors (Lipinski definition) is 1. The van der Waals surface area contributed by atoms with Gasteiger partial charge in [0.2, 0.25) is 0 Å². The predicted octanol–water partition coefficient (Wildman–Crippen LogP) is 0.653. The van der Waals surface area contributed by atoms with E-state index in [1.54, 1.807) is 11.7 Å². The normalized spacial score (nSPS) is 14.1. The minimum Gasteiger partial charge on any atom is -0.330 e. The van der Waals surface area contributed by atoms with E-state index in [4.69, 9.17) is 5.73 Å². The van der Waals surface area contributed by atoms with Crippen LogP contribution in [0, 0.1) is 5.92 Å². The highest BCUT2D eigenvalue weighted by atomic mass is 32.2. The van der Waals surface area contributed by atoms with Crippen molar-refractivity contribution in [1.29, 1.82) is 0 Å². The largest absolute Gasteiger partial charge is 0.330 e. The summed E-state index contributed by atoms with van der Waals surface area (Å²) in [4.78, 5) is 4.62. The molecule has 0 bridgehead atoms. The second-order valence-corrected chi connectivity index (χ2v) is 6.44. The zero-order chi connectivity index (χ0) is 10.6. The summed E-state index contributed by atoms with van der Waals surface area (Å²) in [6.45, 7) is 2.24. The molecule has 1 heterocycles. The Morgan fingerprint density at radius 1 is 1.64 bits per heavy atom. The van der Waals surface area contributed by atoms with Crippen molar-refractivity contribution in [2.75, 3.05) is 12.3 Å². The van der Waals surface area contributed by atoms with E-state index in [1.807, 2.05) is 6.92 Å². The third kappa shape index (κ3) is 3.73. The summed E-state index contributed by atoms with van der Waals surface area (Å²) in [7, 11) is -3.03. The summed E-state index contributed by atoms with van der Waals surface area (Å²) in [6.07, 6.45) is 1.59. The quantitative estimate of drug-likeness (QED) is 0.812. The maximum atomic E-state index is 11.6. The summed E-state index contributed by atoms with van der Waals surface area (Å²) in [5.74, 6) is 0.261. The van der Waals surface area contributed by atoms with E-state index in [-0.39, 0.29) is 17.4 Å². The summed E-state index contributed by atoms with van der Waals surface area (Å²) in [6, 6.07) is 0. The van der Waals surface area contributed by atoms with Crippen molar-refractivity contribution in [1.82, 2.24) is 4.98 Å². The molecule has 1 aromatic rings. The van der Waals surface area contributed by atoms with Crippen molar-refractivity contribution >= 4 is 21.2 Å². The van der Waals surface area contributed by atoms with E-state index < -0.39 is 9.84 Å². The van der Waals surface area contributed by atoms with Gasteiger partial charge in [0.15, 0.2) is 9.84 Å². The van der Waals surface area contributed by atoms with Gasteiger partial charge >= 0.3 is 0 Å². The van der Waals surface area contributed by atoms with Crippen molar-refractivity contribution < 1.29 is 8.42 Å². The van der Waals surface area contributed by atoms with Gasteiger partial charge in [-0.25, -0.2) is 8.42 Å². The Bertz CT molecular complexity index is 359. The molecule has 0 aliphatic heterocycles. The van der Waals surface area contributed by atoms with E-state index in [0.29, 0.717) is 6.54 Å². The summed E-state index contributed by atoms with van der Waals surface area (Å²) in [5, 5.41) is 0. The van der Waals surface area contributed by atoms with Crippen molar-refractivity contribution in [3.05, 3.63) is 16.6 Å². The van der Waals surface area contributed by atoms with Crippen LogP contribution < -0.4 is 5.73 Å². The van der Waals surface area contributed by atoms with Gasteiger partial charge in [-0.2, -0.15) is 0 Å². The van der Waals surface area contributed by atoms with Crippen LogP contribution in [-0.2, 0) is 15.6 Å². The lowest BCUT2D eigenvalue weighted by atomic mass is 10.2. The van der Waals surface area contributed by atoms with E-state index in [9.17, 15) is 8.42 Å². The molecule has 1 rings (SSSR count). The second-order valence-electron chi connectivity index (χ2n) is 3.36. The van der Waals surface area contributed by atoms with Gasteiger partial charge in [-0.15, -0.1) is 11.3 Å². The van der Waals surface area contributed by atoms with Crippen LogP contribution in [0.4, 0.5) is 0 Å². The first-order valence-corrected chi connectivity index (χ1v) is 7.01. The number of nitrogens with two attached hydrogens (primary N) is 1. The third-order valence-corrected chi connectivity index (χ3v) is 4.58. The van der Waals surface area contributed by atoms with Crippen molar-refractivity contribution in [3.8, 4) is 0 Å². The average molecular weight is 234 g/mol. The Morgan fingerprint density at radius 3 is 2.86 bits per heavy atom. The third-order valence-electron chi connectivity index (χ3n) is 1.79. The second kappa shape index (κ2) is 4.86. The predicted molar refractivity (Wildman–Crippen MR) is 57.8 cm³/mol. The highest BCUT2D eigenvalue weighted by molar-refractivity contribution is 7.90. The molecule has 14 heavy (non-hydrogen) atoms. The Labute approximate surface area is 88.1 Å². The first-order valence-electron chi connectivity index (χ1n) is 4.31. The van der Waals surface area contributed by atoms with Gasteiger partial charge in [0.05, 0.1) is 17.0 Å². The molecule has 80 valence electrons. The van der Waals surface area contributed by atoms with Crippen LogP contribution in [0.1, 0.15) is 11.8 Å².